The van der Waals surface area contributed by atoms with Gasteiger partial charge in [0.25, 0.3) is 5.91 Å². The Balaban J connectivity index is 1.57. The zero-order chi connectivity index (χ0) is 20.6. The van der Waals surface area contributed by atoms with Crippen molar-refractivity contribution >= 4 is 28.8 Å². The maximum absolute atomic E-state index is 12.6. The Morgan fingerprint density at radius 3 is 2.48 bits per heavy atom. The summed E-state index contributed by atoms with van der Waals surface area (Å²) < 4.78 is 1.58. The Labute approximate surface area is 173 Å². The van der Waals surface area contributed by atoms with Crippen molar-refractivity contribution in [2.45, 2.75) is 26.3 Å². The molecule has 150 valence electrons. The molecular weight excluding hydrogens is 386 g/mol. The van der Waals surface area contributed by atoms with Gasteiger partial charge in [-0.3, -0.25) is 14.4 Å². The Morgan fingerprint density at radius 2 is 1.76 bits per heavy atom. The van der Waals surface area contributed by atoms with Crippen LogP contribution >= 0.6 is 11.3 Å². The highest BCUT2D eigenvalue weighted by Crippen LogP contribution is 2.15. The molecule has 0 saturated carbocycles. The average Bonchev–Trinajstić information content (AvgIpc) is 3.05. The summed E-state index contributed by atoms with van der Waals surface area (Å²) in [5.41, 5.74) is 2.86. The highest BCUT2D eigenvalue weighted by Gasteiger charge is 2.13. The molecule has 29 heavy (non-hydrogen) atoms. The average molecular weight is 410 g/mol. The first-order chi connectivity index (χ1) is 14.0. The molecule has 2 amide bonds. The summed E-state index contributed by atoms with van der Waals surface area (Å²) in [6, 6.07) is 16.8. The van der Waals surface area contributed by atoms with Crippen LogP contribution < -0.4 is 15.5 Å². The van der Waals surface area contributed by atoms with Crippen LogP contribution in [0.15, 0.2) is 64.8 Å². The number of rotatable bonds is 8. The summed E-state index contributed by atoms with van der Waals surface area (Å²) in [5, 5.41) is 7.46. The van der Waals surface area contributed by atoms with E-state index in [0.717, 1.165) is 29.0 Å². The van der Waals surface area contributed by atoms with Gasteiger partial charge in [0.05, 0.1) is 11.3 Å². The zero-order valence-electron chi connectivity index (χ0n) is 16.2. The van der Waals surface area contributed by atoms with Gasteiger partial charge in [0.1, 0.15) is 0 Å². The number of thiazole rings is 1. The molecule has 2 N–H and O–H groups in total. The summed E-state index contributed by atoms with van der Waals surface area (Å²) >= 11 is 1.12. The van der Waals surface area contributed by atoms with E-state index >= 15 is 0 Å². The molecule has 7 heteroatoms. The van der Waals surface area contributed by atoms with Crippen molar-refractivity contribution in [1.29, 1.82) is 0 Å². The van der Waals surface area contributed by atoms with E-state index in [2.05, 4.69) is 10.6 Å². The summed E-state index contributed by atoms with van der Waals surface area (Å²) in [7, 11) is 0. The van der Waals surface area contributed by atoms with Gasteiger partial charge < -0.3 is 15.2 Å². The van der Waals surface area contributed by atoms with Crippen molar-refractivity contribution in [1.82, 2.24) is 9.88 Å². The van der Waals surface area contributed by atoms with E-state index in [9.17, 15) is 14.4 Å². The minimum Gasteiger partial charge on any atom is -0.352 e. The fraction of sp³-hybridized carbons (Fsp3) is 0.227. The van der Waals surface area contributed by atoms with Gasteiger partial charge in [0.15, 0.2) is 0 Å². The lowest BCUT2D eigenvalue weighted by atomic mass is 10.1. The van der Waals surface area contributed by atoms with Crippen molar-refractivity contribution in [3.05, 3.63) is 86.5 Å². The maximum atomic E-state index is 12.6. The third-order valence-electron chi connectivity index (χ3n) is 4.53. The topological polar surface area (TPSA) is 80.2 Å². The SMILES string of the molecule is Cc1csc(=O)n1CCC(=O)Nc1ccccc1C(=O)NCCc1ccccc1. The van der Waals surface area contributed by atoms with Gasteiger partial charge in [-0.1, -0.05) is 53.8 Å². The van der Waals surface area contributed by atoms with Gasteiger partial charge in [-0.25, -0.2) is 0 Å². The van der Waals surface area contributed by atoms with Crippen LogP contribution in [0, 0.1) is 6.92 Å². The molecule has 0 bridgehead atoms. The van der Waals surface area contributed by atoms with E-state index in [1.54, 1.807) is 34.2 Å². The van der Waals surface area contributed by atoms with E-state index in [0.29, 0.717) is 24.3 Å². The molecule has 3 aromatic rings. The van der Waals surface area contributed by atoms with Crippen LogP contribution in [0.3, 0.4) is 0 Å². The lowest BCUT2D eigenvalue weighted by Gasteiger charge is -2.12. The van der Waals surface area contributed by atoms with Crippen molar-refractivity contribution in [3.63, 3.8) is 0 Å². The number of carbonyl (C=O) groups excluding carboxylic acids is 2. The van der Waals surface area contributed by atoms with E-state index in [1.807, 2.05) is 37.3 Å². The molecule has 0 unspecified atom stereocenters. The normalized spacial score (nSPS) is 10.5. The summed E-state index contributed by atoms with van der Waals surface area (Å²) in [6.07, 6.45) is 0.886. The number of anilines is 1. The van der Waals surface area contributed by atoms with E-state index in [1.165, 1.54) is 0 Å². The predicted molar refractivity (Wildman–Crippen MR) is 115 cm³/mol. The number of hydrogen-bond donors (Lipinski definition) is 2. The number of nitrogens with zero attached hydrogens (tertiary/aromatic N) is 1. The minimum absolute atomic E-state index is 0.0755. The first-order valence-electron chi connectivity index (χ1n) is 9.40. The van der Waals surface area contributed by atoms with Gasteiger partial charge in [0, 0.05) is 30.6 Å². The number of aromatic nitrogens is 1. The van der Waals surface area contributed by atoms with Crippen LogP contribution in [-0.4, -0.2) is 22.9 Å². The number of nitrogens with one attached hydrogen (secondary N) is 2. The van der Waals surface area contributed by atoms with Gasteiger partial charge >= 0.3 is 4.87 Å². The molecule has 0 atom stereocenters. The first kappa shape index (κ1) is 20.5. The summed E-state index contributed by atoms with van der Waals surface area (Å²) in [6.45, 7) is 2.65. The lowest BCUT2D eigenvalue weighted by Crippen LogP contribution is -2.27. The molecule has 1 aromatic heterocycles. The standard InChI is InChI=1S/C22H23N3O3S/c1-16-15-29-22(28)25(16)14-12-20(26)24-19-10-6-5-9-18(19)21(27)23-13-11-17-7-3-2-4-8-17/h2-10,15H,11-14H2,1H3,(H,23,27)(H,24,26). The molecule has 0 aliphatic carbocycles. The highest BCUT2D eigenvalue weighted by molar-refractivity contribution is 7.07. The smallest absolute Gasteiger partial charge is 0.307 e. The summed E-state index contributed by atoms with van der Waals surface area (Å²) in [5.74, 6) is -0.478. The van der Waals surface area contributed by atoms with E-state index in [4.69, 9.17) is 0 Å². The van der Waals surface area contributed by atoms with Gasteiger partial charge in [-0.05, 0) is 31.0 Å². The van der Waals surface area contributed by atoms with Crippen LogP contribution in [0.4, 0.5) is 5.69 Å². The second kappa shape index (κ2) is 9.84. The fourth-order valence-corrected chi connectivity index (χ4v) is 3.71. The maximum Gasteiger partial charge on any atom is 0.307 e. The molecular formula is C22H23N3O3S. The molecule has 2 aromatic carbocycles. The second-order valence-corrected chi connectivity index (χ2v) is 7.45. The summed E-state index contributed by atoms with van der Waals surface area (Å²) in [4.78, 5) is 36.6. The number of hydrogen-bond acceptors (Lipinski definition) is 4. The molecule has 1 heterocycles. The molecule has 6 nitrogen and oxygen atoms in total. The Kier molecular flexibility index (Phi) is 6.97. The van der Waals surface area contributed by atoms with Crippen molar-refractivity contribution in [2.24, 2.45) is 0 Å². The first-order valence-corrected chi connectivity index (χ1v) is 10.3. The molecule has 0 fully saturated rings. The van der Waals surface area contributed by atoms with E-state index < -0.39 is 0 Å². The van der Waals surface area contributed by atoms with Crippen molar-refractivity contribution in [3.8, 4) is 0 Å². The zero-order valence-corrected chi connectivity index (χ0v) is 17.0. The molecule has 0 radical (unpaired) electrons. The second-order valence-electron chi connectivity index (χ2n) is 6.63. The Hall–Kier alpha value is -3.19. The van der Waals surface area contributed by atoms with Crippen LogP contribution in [0.5, 0.6) is 0 Å². The fourth-order valence-electron chi connectivity index (χ4n) is 2.95. The minimum atomic E-state index is -0.243. The van der Waals surface area contributed by atoms with E-state index in [-0.39, 0.29) is 23.1 Å². The Bertz CT molecular complexity index is 1040. The number of benzene rings is 2. The van der Waals surface area contributed by atoms with Crippen molar-refractivity contribution in [2.75, 3.05) is 11.9 Å². The lowest BCUT2D eigenvalue weighted by molar-refractivity contribution is -0.116. The molecule has 0 aliphatic heterocycles. The van der Waals surface area contributed by atoms with Gasteiger partial charge in [0.2, 0.25) is 5.91 Å². The Morgan fingerprint density at radius 1 is 1.03 bits per heavy atom. The van der Waals surface area contributed by atoms with Crippen molar-refractivity contribution < 1.29 is 9.59 Å². The number of para-hydroxylation sites is 1. The van der Waals surface area contributed by atoms with Crippen LogP contribution in [0.25, 0.3) is 0 Å². The molecule has 0 spiro atoms. The quantitative estimate of drug-likeness (QED) is 0.599. The monoisotopic (exact) mass is 409 g/mol. The third-order valence-corrected chi connectivity index (χ3v) is 5.41. The van der Waals surface area contributed by atoms with Crippen LogP contribution in [0.1, 0.15) is 28.0 Å². The van der Waals surface area contributed by atoms with Crippen LogP contribution in [0.2, 0.25) is 0 Å². The third kappa shape index (κ3) is 5.65. The van der Waals surface area contributed by atoms with Gasteiger partial charge in [-0.2, -0.15) is 0 Å². The molecule has 3 rings (SSSR count). The van der Waals surface area contributed by atoms with Crippen LogP contribution in [-0.2, 0) is 17.8 Å². The molecule has 0 aliphatic rings. The number of aryl methyl sites for hydroxylation is 1. The molecule has 0 saturated heterocycles. The number of amides is 2. The highest BCUT2D eigenvalue weighted by atomic mass is 32.1. The number of carbonyl (C=O) groups is 2. The van der Waals surface area contributed by atoms with Gasteiger partial charge in [-0.15, -0.1) is 0 Å². The largest absolute Gasteiger partial charge is 0.352 e. The predicted octanol–water partition coefficient (Wildman–Crippen LogP) is 3.22.